The topological polar surface area (TPSA) is 49.4 Å². The summed E-state index contributed by atoms with van der Waals surface area (Å²) >= 11 is 1.42. The number of amides is 2. The molecule has 2 aromatic carbocycles. The van der Waals surface area contributed by atoms with Gasteiger partial charge in [-0.1, -0.05) is 24.3 Å². The van der Waals surface area contributed by atoms with E-state index >= 15 is 0 Å². The van der Waals surface area contributed by atoms with Crippen LogP contribution in [0.25, 0.3) is 5.57 Å². The zero-order valence-electron chi connectivity index (χ0n) is 16.7. The number of thiophene rings is 1. The molecular weight excluding hydrogens is 399 g/mol. The van der Waals surface area contributed by atoms with Gasteiger partial charge >= 0.3 is 0 Å². The van der Waals surface area contributed by atoms with Gasteiger partial charge in [-0.2, -0.15) is 0 Å². The first kappa shape index (κ1) is 20.0. The van der Waals surface area contributed by atoms with Gasteiger partial charge in [-0.05, 0) is 72.7 Å². The monoisotopic (exact) mass is 420 g/mol. The van der Waals surface area contributed by atoms with Gasteiger partial charge in [0.2, 0.25) is 0 Å². The Morgan fingerprint density at radius 1 is 0.967 bits per heavy atom. The molecule has 1 aromatic heterocycles. The van der Waals surface area contributed by atoms with Crippen molar-refractivity contribution in [2.24, 2.45) is 0 Å². The molecule has 1 N–H and O–H groups in total. The van der Waals surface area contributed by atoms with Gasteiger partial charge in [-0.3, -0.25) is 14.5 Å². The number of imide groups is 1. The van der Waals surface area contributed by atoms with Crippen molar-refractivity contribution in [2.75, 3.05) is 11.9 Å². The van der Waals surface area contributed by atoms with Gasteiger partial charge in [0.15, 0.2) is 0 Å². The maximum atomic E-state index is 13.2. The molecule has 0 spiro atoms. The molecule has 0 saturated heterocycles. The SMILES string of the molecule is Cc1ccc(NC2=C(c3cccs3)C(=O)N(CCc3ccc(F)cc3)C2=O)cc1C. The minimum absolute atomic E-state index is 0.232. The van der Waals surface area contributed by atoms with E-state index in [-0.39, 0.29) is 24.2 Å². The fraction of sp³-hybridized carbons (Fsp3) is 0.167. The van der Waals surface area contributed by atoms with Crippen molar-refractivity contribution in [3.8, 4) is 0 Å². The number of nitrogens with one attached hydrogen (secondary N) is 1. The molecule has 1 aliphatic rings. The van der Waals surface area contributed by atoms with Crippen LogP contribution in [0.3, 0.4) is 0 Å². The van der Waals surface area contributed by atoms with Gasteiger partial charge in [0.1, 0.15) is 11.5 Å². The molecule has 2 heterocycles. The molecule has 0 radical (unpaired) electrons. The van der Waals surface area contributed by atoms with Crippen molar-refractivity contribution in [2.45, 2.75) is 20.3 Å². The lowest BCUT2D eigenvalue weighted by atomic mass is 10.1. The Morgan fingerprint density at radius 2 is 1.73 bits per heavy atom. The zero-order chi connectivity index (χ0) is 21.3. The van der Waals surface area contributed by atoms with Crippen molar-refractivity contribution >= 4 is 34.4 Å². The predicted octanol–water partition coefficient (Wildman–Crippen LogP) is 4.94. The highest BCUT2D eigenvalue weighted by atomic mass is 32.1. The van der Waals surface area contributed by atoms with Crippen LogP contribution in [0.2, 0.25) is 0 Å². The highest BCUT2D eigenvalue weighted by Crippen LogP contribution is 2.33. The van der Waals surface area contributed by atoms with Crippen LogP contribution in [0, 0.1) is 19.7 Å². The first-order valence-electron chi connectivity index (χ1n) is 9.67. The lowest BCUT2D eigenvalue weighted by Crippen LogP contribution is -2.34. The standard InChI is InChI=1S/C24H21FN2O2S/c1-15-5-10-19(14-16(15)2)26-22-21(20-4-3-13-30-20)23(28)27(24(22)29)12-11-17-6-8-18(25)9-7-17/h3-10,13-14,26H,11-12H2,1-2H3. The minimum atomic E-state index is -0.344. The van der Waals surface area contributed by atoms with Gasteiger partial charge in [0, 0.05) is 17.1 Å². The van der Waals surface area contributed by atoms with Gasteiger partial charge in [0.05, 0.1) is 5.57 Å². The van der Waals surface area contributed by atoms with Crippen LogP contribution in [0.5, 0.6) is 0 Å². The summed E-state index contributed by atoms with van der Waals surface area (Å²) in [5, 5.41) is 5.07. The summed E-state index contributed by atoms with van der Waals surface area (Å²) in [7, 11) is 0. The van der Waals surface area contributed by atoms with E-state index in [2.05, 4.69) is 5.32 Å². The van der Waals surface area contributed by atoms with E-state index in [0.29, 0.717) is 17.7 Å². The maximum Gasteiger partial charge on any atom is 0.278 e. The smallest absolute Gasteiger partial charge is 0.278 e. The fourth-order valence-corrected chi connectivity index (χ4v) is 4.17. The number of carbonyl (C=O) groups excluding carboxylic acids is 2. The third kappa shape index (κ3) is 3.91. The molecule has 0 aliphatic carbocycles. The molecule has 3 aromatic rings. The summed E-state index contributed by atoms with van der Waals surface area (Å²) in [6.45, 7) is 4.26. The van der Waals surface area contributed by atoms with Gasteiger partial charge < -0.3 is 5.32 Å². The Morgan fingerprint density at radius 3 is 2.40 bits per heavy atom. The quantitative estimate of drug-likeness (QED) is 0.575. The third-order valence-electron chi connectivity index (χ3n) is 5.25. The van der Waals surface area contributed by atoms with E-state index in [1.54, 1.807) is 12.1 Å². The molecule has 1 aliphatic heterocycles. The molecule has 0 bridgehead atoms. The number of nitrogens with zero attached hydrogens (tertiary/aromatic N) is 1. The number of rotatable bonds is 6. The van der Waals surface area contributed by atoms with Crippen molar-refractivity contribution in [1.29, 1.82) is 0 Å². The molecule has 6 heteroatoms. The van der Waals surface area contributed by atoms with Gasteiger partial charge in [-0.25, -0.2) is 4.39 Å². The highest BCUT2D eigenvalue weighted by Gasteiger charge is 2.39. The Kier molecular flexibility index (Phi) is 5.50. The highest BCUT2D eigenvalue weighted by molar-refractivity contribution is 7.11. The minimum Gasteiger partial charge on any atom is -0.350 e. The molecule has 0 fully saturated rings. The van der Waals surface area contributed by atoms with E-state index in [9.17, 15) is 14.0 Å². The van der Waals surface area contributed by atoms with Crippen LogP contribution in [-0.4, -0.2) is 23.3 Å². The van der Waals surface area contributed by atoms with Crippen LogP contribution in [0.4, 0.5) is 10.1 Å². The number of aryl methyl sites for hydroxylation is 2. The van der Waals surface area contributed by atoms with Gasteiger partial charge in [0.25, 0.3) is 11.8 Å². The molecule has 0 unspecified atom stereocenters. The number of hydrogen-bond donors (Lipinski definition) is 1. The zero-order valence-corrected chi connectivity index (χ0v) is 17.6. The first-order valence-corrected chi connectivity index (χ1v) is 10.5. The van der Waals surface area contributed by atoms with E-state index < -0.39 is 0 Å². The molecule has 152 valence electrons. The number of carbonyl (C=O) groups is 2. The van der Waals surface area contributed by atoms with Crippen molar-refractivity contribution in [1.82, 2.24) is 4.90 Å². The van der Waals surface area contributed by atoms with E-state index in [4.69, 9.17) is 0 Å². The molecule has 2 amide bonds. The van der Waals surface area contributed by atoms with Crippen molar-refractivity contribution in [3.63, 3.8) is 0 Å². The van der Waals surface area contributed by atoms with Crippen LogP contribution < -0.4 is 5.32 Å². The summed E-state index contributed by atoms with van der Waals surface area (Å²) in [5.74, 6) is -0.965. The molecule has 4 rings (SSSR count). The largest absolute Gasteiger partial charge is 0.350 e. The average Bonchev–Trinajstić information content (AvgIpc) is 3.32. The van der Waals surface area contributed by atoms with Gasteiger partial charge in [-0.15, -0.1) is 11.3 Å². The fourth-order valence-electron chi connectivity index (χ4n) is 3.40. The second kappa shape index (κ2) is 8.24. The second-order valence-corrected chi connectivity index (χ2v) is 8.24. The second-order valence-electron chi connectivity index (χ2n) is 7.29. The molecule has 0 saturated carbocycles. The van der Waals surface area contributed by atoms with Crippen molar-refractivity contribution < 1.29 is 14.0 Å². The summed E-state index contributed by atoms with van der Waals surface area (Å²) in [6, 6.07) is 15.7. The lowest BCUT2D eigenvalue weighted by molar-refractivity contribution is -0.136. The Labute approximate surface area is 178 Å². The van der Waals surface area contributed by atoms with E-state index in [1.165, 1.54) is 28.4 Å². The predicted molar refractivity (Wildman–Crippen MR) is 118 cm³/mol. The van der Waals surface area contributed by atoms with Crippen LogP contribution >= 0.6 is 11.3 Å². The van der Waals surface area contributed by atoms with Crippen molar-refractivity contribution in [3.05, 3.63) is 93.1 Å². The number of anilines is 1. The van der Waals surface area contributed by atoms with Crippen LogP contribution in [0.15, 0.2) is 65.7 Å². The number of hydrogen-bond acceptors (Lipinski definition) is 4. The summed E-state index contributed by atoms with van der Waals surface area (Å²) in [4.78, 5) is 28.4. The van der Waals surface area contributed by atoms with E-state index in [1.807, 2.05) is 49.6 Å². The maximum absolute atomic E-state index is 13.2. The Hall–Kier alpha value is -3.25. The summed E-state index contributed by atoms with van der Waals surface area (Å²) < 4.78 is 13.1. The average molecular weight is 421 g/mol. The number of halogens is 1. The molecule has 4 nitrogen and oxygen atoms in total. The first-order chi connectivity index (χ1) is 14.4. The van der Waals surface area contributed by atoms with Crippen LogP contribution in [-0.2, 0) is 16.0 Å². The molecular formula is C24H21FN2O2S. The van der Waals surface area contributed by atoms with E-state index in [0.717, 1.165) is 27.3 Å². The Balaban J connectivity index is 1.62. The lowest BCUT2D eigenvalue weighted by Gasteiger charge is -2.15. The van der Waals surface area contributed by atoms with Crippen LogP contribution in [0.1, 0.15) is 21.6 Å². The molecule has 0 atom stereocenters. The normalized spacial score (nSPS) is 14.0. The Bertz CT molecular complexity index is 1130. The summed E-state index contributed by atoms with van der Waals surface area (Å²) in [6.07, 6.45) is 0.465. The number of benzene rings is 2. The summed E-state index contributed by atoms with van der Waals surface area (Å²) in [5.41, 5.74) is 4.58. The molecule has 30 heavy (non-hydrogen) atoms. The third-order valence-corrected chi connectivity index (χ3v) is 6.14.